The lowest BCUT2D eigenvalue weighted by molar-refractivity contribution is 0.288. The normalized spacial score (nSPS) is 13.7. The highest BCUT2D eigenvalue weighted by molar-refractivity contribution is 5.80. The molecule has 0 aliphatic heterocycles. The Morgan fingerprint density at radius 3 is 1.97 bits per heavy atom. The van der Waals surface area contributed by atoms with Crippen molar-refractivity contribution in [3.8, 4) is 11.5 Å². The number of fused-ring (bicyclic) bond motifs is 1. The van der Waals surface area contributed by atoms with Gasteiger partial charge in [-0.1, -0.05) is 19.4 Å². The molecule has 5 heteroatoms. The molecule has 0 saturated heterocycles. The largest absolute Gasteiger partial charge is 0.493 e. The van der Waals surface area contributed by atoms with E-state index in [0.29, 0.717) is 19.8 Å². The van der Waals surface area contributed by atoms with Gasteiger partial charge in [0.05, 0.1) is 38.1 Å². The Balaban J connectivity index is 2.07. The van der Waals surface area contributed by atoms with Gasteiger partial charge in [0.25, 0.3) is 0 Å². The lowest BCUT2D eigenvalue weighted by Crippen LogP contribution is -2.01. The smallest absolute Gasteiger partial charge is 0.161 e. The Kier molecular flexibility index (Phi) is 7.72. The van der Waals surface area contributed by atoms with E-state index in [1.54, 1.807) is 7.11 Å². The number of hydrogen-bond donors (Lipinski definition) is 0. The SMILES string of the molecule is CCCCOc1ccc(C2C=C(OCC)c3c(C)oc(C)c3C(OCC)=C2)cc1OC. The van der Waals surface area contributed by atoms with E-state index < -0.39 is 0 Å². The molecule has 5 nitrogen and oxygen atoms in total. The summed E-state index contributed by atoms with van der Waals surface area (Å²) in [6, 6.07) is 6.09. The van der Waals surface area contributed by atoms with E-state index in [1.807, 2.05) is 39.8 Å². The van der Waals surface area contributed by atoms with Crippen molar-refractivity contribution in [3.63, 3.8) is 0 Å². The molecule has 0 fully saturated rings. The van der Waals surface area contributed by atoms with E-state index in [0.717, 1.165) is 64.1 Å². The van der Waals surface area contributed by atoms with Crippen LogP contribution in [0.3, 0.4) is 0 Å². The van der Waals surface area contributed by atoms with Gasteiger partial charge in [-0.05, 0) is 64.0 Å². The van der Waals surface area contributed by atoms with Gasteiger partial charge >= 0.3 is 0 Å². The molecule has 0 bridgehead atoms. The highest BCUT2D eigenvalue weighted by atomic mass is 16.5. The molecule has 0 amide bonds. The molecule has 1 aromatic carbocycles. The number of ether oxygens (including phenoxy) is 4. The first kappa shape index (κ1) is 22.9. The van der Waals surface area contributed by atoms with E-state index in [1.165, 1.54) is 0 Å². The Hall–Kier alpha value is -2.82. The van der Waals surface area contributed by atoms with E-state index >= 15 is 0 Å². The average molecular weight is 427 g/mol. The first-order chi connectivity index (χ1) is 15.0. The number of furan rings is 1. The van der Waals surface area contributed by atoms with E-state index in [-0.39, 0.29) is 5.92 Å². The van der Waals surface area contributed by atoms with E-state index in [4.69, 9.17) is 23.4 Å². The number of methoxy groups -OCH3 is 1. The van der Waals surface area contributed by atoms with Crippen molar-refractivity contribution in [3.05, 3.63) is 58.6 Å². The second kappa shape index (κ2) is 10.5. The molecule has 2 aromatic rings. The molecule has 0 atom stereocenters. The van der Waals surface area contributed by atoms with Crippen molar-refractivity contribution in [1.29, 1.82) is 0 Å². The Morgan fingerprint density at radius 2 is 1.45 bits per heavy atom. The molecule has 31 heavy (non-hydrogen) atoms. The van der Waals surface area contributed by atoms with Crippen molar-refractivity contribution in [2.24, 2.45) is 0 Å². The van der Waals surface area contributed by atoms with Crippen molar-refractivity contribution < 1.29 is 23.4 Å². The maximum atomic E-state index is 6.06. The summed E-state index contributed by atoms with van der Waals surface area (Å²) in [5.74, 6) is 4.72. The van der Waals surface area contributed by atoms with Crippen LogP contribution in [0, 0.1) is 13.8 Å². The van der Waals surface area contributed by atoms with Gasteiger partial charge in [0.2, 0.25) is 0 Å². The van der Waals surface area contributed by atoms with Gasteiger partial charge in [0, 0.05) is 5.92 Å². The van der Waals surface area contributed by atoms with Crippen molar-refractivity contribution in [1.82, 2.24) is 0 Å². The maximum absolute atomic E-state index is 6.06. The summed E-state index contributed by atoms with van der Waals surface area (Å²) in [5.41, 5.74) is 3.01. The average Bonchev–Trinajstić information content (AvgIpc) is 2.95. The summed E-state index contributed by atoms with van der Waals surface area (Å²) in [7, 11) is 1.67. The summed E-state index contributed by atoms with van der Waals surface area (Å²) in [6.45, 7) is 11.9. The third-order valence-corrected chi connectivity index (χ3v) is 5.34. The second-order valence-electron chi connectivity index (χ2n) is 7.53. The van der Waals surface area contributed by atoms with Crippen LogP contribution in [0.4, 0.5) is 0 Å². The first-order valence-electron chi connectivity index (χ1n) is 11.1. The third kappa shape index (κ3) is 4.92. The van der Waals surface area contributed by atoms with Crippen LogP contribution in [0.15, 0.2) is 34.8 Å². The number of rotatable bonds is 10. The van der Waals surface area contributed by atoms with Gasteiger partial charge in [-0.15, -0.1) is 0 Å². The van der Waals surface area contributed by atoms with Crippen molar-refractivity contribution >= 4 is 11.5 Å². The van der Waals surface area contributed by atoms with Crippen LogP contribution in [0.1, 0.15) is 67.7 Å². The van der Waals surface area contributed by atoms with Gasteiger partial charge in [-0.2, -0.15) is 0 Å². The zero-order valence-electron chi connectivity index (χ0n) is 19.5. The van der Waals surface area contributed by atoms with E-state index in [2.05, 4.69) is 25.1 Å². The van der Waals surface area contributed by atoms with Crippen molar-refractivity contribution in [2.45, 2.75) is 53.4 Å². The van der Waals surface area contributed by atoms with Crippen LogP contribution in [-0.4, -0.2) is 26.9 Å². The van der Waals surface area contributed by atoms with Gasteiger partial charge in [-0.3, -0.25) is 0 Å². The monoisotopic (exact) mass is 426 g/mol. The van der Waals surface area contributed by atoms with Crippen LogP contribution >= 0.6 is 0 Å². The molecule has 3 rings (SSSR count). The summed E-state index contributed by atoms with van der Waals surface area (Å²) in [4.78, 5) is 0. The molecule has 168 valence electrons. The minimum absolute atomic E-state index is 0.0482. The predicted molar refractivity (Wildman–Crippen MR) is 124 cm³/mol. The maximum Gasteiger partial charge on any atom is 0.161 e. The highest BCUT2D eigenvalue weighted by Crippen LogP contribution is 2.42. The third-order valence-electron chi connectivity index (χ3n) is 5.34. The topological polar surface area (TPSA) is 50.1 Å². The summed E-state index contributed by atoms with van der Waals surface area (Å²) in [5, 5.41) is 0. The second-order valence-corrected chi connectivity index (χ2v) is 7.53. The number of aryl methyl sites for hydroxylation is 2. The number of hydrogen-bond acceptors (Lipinski definition) is 5. The zero-order chi connectivity index (χ0) is 22.4. The molecule has 0 spiro atoms. The molecular formula is C26H34O5. The van der Waals surface area contributed by atoms with Gasteiger partial charge in [0.1, 0.15) is 23.0 Å². The molecule has 1 aliphatic rings. The molecule has 0 radical (unpaired) electrons. The molecule has 0 N–H and O–H groups in total. The molecule has 0 unspecified atom stereocenters. The standard InChI is InChI=1S/C26H34O5/c1-7-10-13-30-21-12-11-19(14-22(21)27-6)20-15-23(28-8-2)25-17(4)31-18(5)26(25)24(16-20)29-9-3/h11-12,14-16,20H,7-10,13H2,1-6H3. The van der Waals surface area contributed by atoms with Crippen LogP contribution in [-0.2, 0) is 9.47 Å². The highest BCUT2D eigenvalue weighted by Gasteiger charge is 2.28. The lowest BCUT2D eigenvalue weighted by atomic mass is 9.97. The summed E-state index contributed by atoms with van der Waals surface area (Å²) in [6.07, 6.45) is 6.36. The fourth-order valence-electron chi connectivity index (χ4n) is 3.90. The minimum atomic E-state index is -0.0482. The molecule has 1 heterocycles. The zero-order valence-corrected chi connectivity index (χ0v) is 19.5. The minimum Gasteiger partial charge on any atom is -0.493 e. The fourth-order valence-corrected chi connectivity index (χ4v) is 3.90. The Bertz CT molecular complexity index is 906. The van der Waals surface area contributed by atoms with Gasteiger partial charge < -0.3 is 23.4 Å². The van der Waals surface area contributed by atoms with Crippen LogP contribution in [0.25, 0.3) is 11.5 Å². The Labute approximate surface area is 185 Å². The molecule has 1 aliphatic carbocycles. The van der Waals surface area contributed by atoms with Crippen LogP contribution in [0.2, 0.25) is 0 Å². The van der Waals surface area contributed by atoms with Gasteiger partial charge in [-0.25, -0.2) is 0 Å². The predicted octanol–water partition coefficient (Wildman–Crippen LogP) is 6.64. The fraction of sp³-hybridized carbons (Fsp3) is 0.462. The Morgan fingerprint density at radius 1 is 0.839 bits per heavy atom. The molecule has 0 saturated carbocycles. The molecule has 1 aromatic heterocycles. The van der Waals surface area contributed by atoms with Crippen LogP contribution in [0.5, 0.6) is 11.5 Å². The van der Waals surface area contributed by atoms with Gasteiger partial charge in [0.15, 0.2) is 11.5 Å². The number of benzene rings is 1. The first-order valence-corrected chi connectivity index (χ1v) is 11.1. The van der Waals surface area contributed by atoms with Crippen molar-refractivity contribution in [2.75, 3.05) is 26.9 Å². The summed E-state index contributed by atoms with van der Waals surface area (Å²) < 4.78 is 29.6. The number of allylic oxidation sites excluding steroid dienone is 2. The van der Waals surface area contributed by atoms with E-state index in [9.17, 15) is 0 Å². The number of unbranched alkanes of at least 4 members (excludes halogenated alkanes) is 1. The summed E-state index contributed by atoms with van der Waals surface area (Å²) >= 11 is 0. The lowest BCUT2D eigenvalue weighted by Gasteiger charge is -2.16. The molecular weight excluding hydrogens is 392 g/mol. The van der Waals surface area contributed by atoms with Crippen LogP contribution < -0.4 is 9.47 Å². The quantitative estimate of drug-likeness (QED) is 0.399.